The Bertz CT molecular complexity index is 2930. The molecule has 5 heteroatoms. The van der Waals surface area contributed by atoms with Crippen LogP contribution in [-0.2, 0) is 0 Å². The number of anilines is 3. The summed E-state index contributed by atoms with van der Waals surface area (Å²) in [6.07, 6.45) is 0. The second-order valence-electron chi connectivity index (χ2n) is 14.1. The third kappa shape index (κ3) is 6.31. The normalized spacial score (nSPS) is 11.2. The number of hydrogen-bond donors (Lipinski definition) is 0. The third-order valence-corrected chi connectivity index (χ3v) is 10.6. The molecule has 0 amide bonds. The standard InChI is InChI=1S/C52H37N5/c1-36-16-11-12-23-44(36)37-28-32-42(33-29-37)56(41-21-9-4-10-22-41)47-26-15-27-48-49(47)45-24-13-14-25-46(45)57(48)43-34-30-40(31-35-43)52-54-50(38-17-5-2-6-18-38)53-51(55-52)39-19-7-3-8-20-39/h2-35H,1H3. The molecule has 8 aromatic carbocycles. The quantitative estimate of drug-likeness (QED) is 0.156. The summed E-state index contributed by atoms with van der Waals surface area (Å²) in [4.78, 5) is 17.2. The van der Waals surface area contributed by atoms with Crippen molar-refractivity contribution in [3.63, 3.8) is 0 Å². The van der Waals surface area contributed by atoms with Crippen LogP contribution in [0.1, 0.15) is 5.56 Å². The Morgan fingerprint density at radius 3 is 1.51 bits per heavy atom. The van der Waals surface area contributed by atoms with Crippen molar-refractivity contribution in [3.8, 4) is 51.0 Å². The lowest BCUT2D eigenvalue weighted by atomic mass is 10.00. The van der Waals surface area contributed by atoms with Crippen molar-refractivity contribution in [1.82, 2.24) is 19.5 Å². The van der Waals surface area contributed by atoms with Gasteiger partial charge in [-0.2, -0.15) is 0 Å². The van der Waals surface area contributed by atoms with Gasteiger partial charge in [-0.05, 0) is 90.3 Å². The number of aromatic nitrogens is 4. The molecular formula is C52H37N5. The molecule has 10 rings (SSSR count). The Kier molecular flexibility index (Phi) is 8.65. The molecular weight excluding hydrogens is 695 g/mol. The lowest BCUT2D eigenvalue weighted by Gasteiger charge is -2.26. The molecule has 0 saturated carbocycles. The van der Waals surface area contributed by atoms with E-state index in [0.29, 0.717) is 17.5 Å². The van der Waals surface area contributed by atoms with Gasteiger partial charge in [0.15, 0.2) is 17.5 Å². The Labute approximate surface area is 331 Å². The van der Waals surface area contributed by atoms with Gasteiger partial charge in [-0.15, -0.1) is 0 Å². The number of hydrogen-bond acceptors (Lipinski definition) is 4. The lowest BCUT2D eigenvalue weighted by Crippen LogP contribution is -2.10. The molecule has 0 saturated heterocycles. The maximum absolute atomic E-state index is 4.97. The molecule has 270 valence electrons. The molecule has 0 aliphatic carbocycles. The summed E-state index contributed by atoms with van der Waals surface area (Å²) in [5, 5.41) is 2.36. The van der Waals surface area contributed by atoms with E-state index in [-0.39, 0.29) is 0 Å². The summed E-state index contributed by atoms with van der Waals surface area (Å²) < 4.78 is 2.36. The van der Waals surface area contributed by atoms with E-state index in [2.05, 4.69) is 162 Å². The molecule has 5 nitrogen and oxygen atoms in total. The molecule has 57 heavy (non-hydrogen) atoms. The van der Waals surface area contributed by atoms with E-state index < -0.39 is 0 Å². The fourth-order valence-electron chi connectivity index (χ4n) is 7.85. The maximum Gasteiger partial charge on any atom is 0.164 e. The van der Waals surface area contributed by atoms with Crippen molar-refractivity contribution in [3.05, 3.63) is 212 Å². The minimum atomic E-state index is 0.630. The number of para-hydroxylation sites is 2. The number of fused-ring (bicyclic) bond motifs is 3. The topological polar surface area (TPSA) is 46.8 Å². The zero-order valence-electron chi connectivity index (χ0n) is 31.4. The number of rotatable bonds is 8. The van der Waals surface area contributed by atoms with E-state index in [1.165, 1.54) is 27.5 Å². The summed E-state index contributed by atoms with van der Waals surface area (Å²) in [7, 11) is 0. The highest BCUT2D eigenvalue weighted by Crippen LogP contribution is 2.44. The molecule has 10 aromatic rings. The summed E-state index contributed by atoms with van der Waals surface area (Å²) in [6.45, 7) is 2.17. The van der Waals surface area contributed by atoms with Crippen molar-refractivity contribution in [2.24, 2.45) is 0 Å². The first-order chi connectivity index (χ1) is 28.2. The van der Waals surface area contributed by atoms with E-state index in [0.717, 1.165) is 50.5 Å². The van der Waals surface area contributed by atoms with Crippen molar-refractivity contribution in [1.29, 1.82) is 0 Å². The van der Waals surface area contributed by atoms with Gasteiger partial charge in [-0.3, -0.25) is 0 Å². The zero-order valence-corrected chi connectivity index (χ0v) is 31.4. The maximum atomic E-state index is 4.97. The molecule has 0 spiro atoms. The van der Waals surface area contributed by atoms with Gasteiger partial charge in [0.1, 0.15) is 0 Å². The van der Waals surface area contributed by atoms with Crippen LogP contribution in [0.2, 0.25) is 0 Å². The molecule has 0 aliphatic rings. The fraction of sp³-hybridized carbons (Fsp3) is 0.0192. The first-order valence-electron chi connectivity index (χ1n) is 19.2. The number of nitrogens with zero attached hydrogens (tertiary/aromatic N) is 5. The molecule has 0 atom stereocenters. The van der Waals surface area contributed by atoms with E-state index >= 15 is 0 Å². The lowest BCUT2D eigenvalue weighted by molar-refractivity contribution is 1.07. The molecule has 0 radical (unpaired) electrons. The Hall–Kier alpha value is -7.63. The Balaban J connectivity index is 1.10. The van der Waals surface area contributed by atoms with Crippen LogP contribution in [0.15, 0.2) is 206 Å². The largest absolute Gasteiger partial charge is 0.310 e. The van der Waals surface area contributed by atoms with Crippen LogP contribution in [0.3, 0.4) is 0 Å². The van der Waals surface area contributed by atoms with Gasteiger partial charge < -0.3 is 9.47 Å². The van der Waals surface area contributed by atoms with Crippen LogP contribution in [-0.4, -0.2) is 19.5 Å². The van der Waals surface area contributed by atoms with E-state index in [4.69, 9.17) is 15.0 Å². The third-order valence-electron chi connectivity index (χ3n) is 10.6. The van der Waals surface area contributed by atoms with Crippen molar-refractivity contribution in [2.75, 3.05) is 4.90 Å². The van der Waals surface area contributed by atoms with Crippen LogP contribution >= 0.6 is 0 Å². The minimum Gasteiger partial charge on any atom is -0.310 e. The predicted molar refractivity (Wildman–Crippen MR) is 235 cm³/mol. The van der Waals surface area contributed by atoms with Crippen LogP contribution in [0.5, 0.6) is 0 Å². The molecule has 2 aromatic heterocycles. The molecule has 2 heterocycles. The summed E-state index contributed by atoms with van der Waals surface area (Å²) >= 11 is 0. The summed E-state index contributed by atoms with van der Waals surface area (Å²) in [6, 6.07) is 72.2. The van der Waals surface area contributed by atoms with E-state index in [9.17, 15) is 0 Å². The van der Waals surface area contributed by atoms with E-state index in [1.807, 2.05) is 60.7 Å². The first kappa shape index (κ1) is 33.9. The molecule has 0 N–H and O–H groups in total. The fourth-order valence-corrected chi connectivity index (χ4v) is 7.85. The highest BCUT2D eigenvalue weighted by molar-refractivity contribution is 6.16. The summed E-state index contributed by atoms with van der Waals surface area (Å²) in [5.74, 6) is 1.92. The molecule has 0 aliphatic heterocycles. The van der Waals surface area contributed by atoms with Crippen LogP contribution in [0, 0.1) is 6.92 Å². The minimum absolute atomic E-state index is 0.630. The zero-order chi connectivity index (χ0) is 38.1. The highest BCUT2D eigenvalue weighted by Gasteiger charge is 2.21. The van der Waals surface area contributed by atoms with Crippen molar-refractivity contribution < 1.29 is 0 Å². The molecule has 0 bridgehead atoms. The molecule has 0 fully saturated rings. The van der Waals surface area contributed by atoms with Gasteiger partial charge in [-0.1, -0.05) is 140 Å². The summed E-state index contributed by atoms with van der Waals surface area (Å²) in [5.41, 5.74) is 13.1. The van der Waals surface area contributed by atoms with Gasteiger partial charge in [0.05, 0.1) is 16.7 Å². The second kappa shape index (κ2) is 14.5. The van der Waals surface area contributed by atoms with Gasteiger partial charge in [-0.25, -0.2) is 15.0 Å². The van der Waals surface area contributed by atoms with Gasteiger partial charge in [0, 0.05) is 44.5 Å². The Morgan fingerprint density at radius 1 is 0.386 bits per heavy atom. The van der Waals surface area contributed by atoms with Gasteiger partial charge >= 0.3 is 0 Å². The number of aryl methyl sites for hydroxylation is 1. The Morgan fingerprint density at radius 2 is 0.877 bits per heavy atom. The molecule has 0 unspecified atom stereocenters. The monoisotopic (exact) mass is 731 g/mol. The van der Waals surface area contributed by atoms with Gasteiger partial charge in [0.2, 0.25) is 0 Å². The van der Waals surface area contributed by atoms with E-state index in [1.54, 1.807) is 0 Å². The predicted octanol–water partition coefficient (Wildman–Crippen LogP) is 13.4. The van der Waals surface area contributed by atoms with Gasteiger partial charge in [0.25, 0.3) is 0 Å². The van der Waals surface area contributed by atoms with Crippen LogP contribution in [0.4, 0.5) is 17.1 Å². The average molecular weight is 732 g/mol. The van der Waals surface area contributed by atoms with Crippen LogP contribution in [0.25, 0.3) is 72.8 Å². The number of benzene rings is 8. The highest BCUT2D eigenvalue weighted by atomic mass is 15.1. The van der Waals surface area contributed by atoms with Crippen molar-refractivity contribution >= 4 is 38.9 Å². The average Bonchev–Trinajstić information content (AvgIpc) is 3.63. The second-order valence-corrected chi connectivity index (χ2v) is 14.1. The first-order valence-corrected chi connectivity index (χ1v) is 19.2. The van der Waals surface area contributed by atoms with Crippen LogP contribution < -0.4 is 4.90 Å². The SMILES string of the molecule is Cc1ccccc1-c1ccc(N(c2ccccc2)c2cccc3c2c2ccccc2n3-c2ccc(-c3nc(-c4ccccc4)nc(-c4ccccc4)n3)cc2)cc1. The smallest absolute Gasteiger partial charge is 0.164 e. The van der Waals surface area contributed by atoms with Crippen molar-refractivity contribution in [2.45, 2.75) is 6.92 Å².